The molecule has 0 aliphatic rings. The standard InChI is InChI=1S/C11H16BrN3S/c1-5-8(15-16-11(2,3)4)9-6-7-13-10(12)14-9/h6-7H,5H2,1-4H3. The average molecular weight is 302 g/mol. The first-order chi connectivity index (χ1) is 7.42. The Morgan fingerprint density at radius 1 is 1.50 bits per heavy atom. The number of halogens is 1. The summed E-state index contributed by atoms with van der Waals surface area (Å²) in [6, 6.07) is 1.89. The fraction of sp³-hybridized carbons (Fsp3) is 0.545. The molecule has 0 fully saturated rings. The van der Waals surface area contributed by atoms with E-state index in [0.29, 0.717) is 4.73 Å². The van der Waals surface area contributed by atoms with Crippen molar-refractivity contribution in [1.29, 1.82) is 0 Å². The van der Waals surface area contributed by atoms with Gasteiger partial charge >= 0.3 is 0 Å². The summed E-state index contributed by atoms with van der Waals surface area (Å²) in [5, 5.41) is 0. The molecule has 1 aromatic rings. The lowest BCUT2D eigenvalue weighted by Crippen LogP contribution is -2.08. The zero-order chi connectivity index (χ0) is 12.2. The van der Waals surface area contributed by atoms with Crippen molar-refractivity contribution in [2.24, 2.45) is 4.40 Å². The molecular formula is C11H16BrN3S. The molecule has 5 heteroatoms. The third kappa shape index (κ3) is 4.61. The smallest absolute Gasteiger partial charge is 0.197 e. The number of hydrogen-bond donors (Lipinski definition) is 0. The Bertz CT molecular complexity index is 385. The van der Waals surface area contributed by atoms with E-state index in [1.807, 2.05) is 6.07 Å². The quantitative estimate of drug-likeness (QED) is 0.483. The molecule has 0 atom stereocenters. The van der Waals surface area contributed by atoms with Gasteiger partial charge in [0.2, 0.25) is 0 Å². The molecule has 0 aliphatic heterocycles. The first-order valence-corrected chi connectivity index (χ1v) is 6.73. The molecule has 1 heterocycles. The third-order valence-corrected chi connectivity index (χ3v) is 2.93. The van der Waals surface area contributed by atoms with Crippen LogP contribution in [-0.2, 0) is 0 Å². The van der Waals surface area contributed by atoms with Crippen LogP contribution in [0.25, 0.3) is 0 Å². The monoisotopic (exact) mass is 301 g/mol. The van der Waals surface area contributed by atoms with Crippen LogP contribution < -0.4 is 0 Å². The molecule has 1 rings (SSSR count). The van der Waals surface area contributed by atoms with Gasteiger partial charge in [0.25, 0.3) is 0 Å². The van der Waals surface area contributed by atoms with Gasteiger partial charge in [-0.05, 0) is 61.1 Å². The van der Waals surface area contributed by atoms with E-state index >= 15 is 0 Å². The van der Waals surface area contributed by atoms with Crippen molar-refractivity contribution in [1.82, 2.24) is 9.97 Å². The van der Waals surface area contributed by atoms with Gasteiger partial charge in [-0.3, -0.25) is 0 Å². The van der Waals surface area contributed by atoms with Crippen LogP contribution in [0.3, 0.4) is 0 Å². The zero-order valence-electron chi connectivity index (χ0n) is 9.99. The summed E-state index contributed by atoms with van der Waals surface area (Å²) < 4.78 is 5.28. The van der Waals surface area contributed by atoms with Gasteiger partial charge in [0.15, 0.2) is 4.73 Å². The fourth-order valence-corrected chi connectivity index (χ4v) is 1.90. The summed E-state index contributed by atoms with van der Waals surface area (Å²) in [4.78, 5) is 8.32. The van der Waals surface area contributed by atoms with Gasteiger partial charge in [-0.25, -0.2) is 14.4 Å². The number of nitrogens with zero attached hydrogens (tertiary/aromatic N) is 3. The molecule has 3 nitrogen and oxygen atoms in total. The lowest BCUT2D eigenvalue weighted by atomic mass is 10.2. The molecule has 16 heavy (non-hydrogen) atoms. The summed E-state index contributed by atoms with van der Waals surface area (Å²) in [5.74, 6) is 0. The molecule has 0 saturated heterocycles. The Labute approximate surface area is 109 Å². The second kappa shape index (κ2) is 5.77. The summed E-state index contributed by atoms with van der Waals surface area (Å²) in [7, 11) is 0. The van der Waals surface area contributed by atoms with Crippen LogP contribution in [0.4, 0.5) is 0 Å². The normalized spacial score (nSPS) is 12.9. The number of rotatable bonds is 3. The van der Waals surface area contributed by atoms with Crippen LogP contribution in [0.15, 0.2) is 21.4 Å². The molecule has 0 bridgehead atoms. The van der Waals surface area contributed by atoms with Gasteiger partial charge in [0.1, 0.15) is 0 Å². The van der Waals surface area contributed by atoms with Gasteiger partial charge in [-0.15, -0.1) is 0 Å². The van der Waals surface area contributed by atoms with Gasteiger partial charge in [-0.1, -0.05) is 6.92 Å². The molecule has 0 aromatic carbocycles. The van der Waals surface area contributed by atoms with Crippen molar-refractivity contribution < 1.29 is 0 Å². The third-order valence-electron chi connectivity index (χ3n) is 1.69. The molecule has 1 aromatic heterocycles. The Morgan fingerprint density at radius 2 is 2.19 bits per heavy atom. The minimum absolute atomic E-state index is 0.130. The molecule has 0 saturated carbocycles. The molecule has 0 radical (unpaired) electrons. The fourth-order valence-electron chi connectivity index (χ4n) is 0.980. The van der Waals surface area contributed by atoms with Crippen LogP contribution in [0.5, 0.6) is 0 Å². The minimum atomic E-state index is 0.130. The van der Waals surface area contributed by atoms with Crippen molar-refractivity contribution in [2.45, 2.75) is 38.9 Å². The van der Waals surface area contributed by atoms with Crippen LogP contribution in [0.2, 0.25) is 0 Å². The lowest BCUT2D eigenvalue weighted by molar-refractivity contribution is 0.804. The van der Waals surface area contributed by atoms with E-state index in [2.05, 4.69) is 58.0 Å². The van der Waals surface area contributed by atoms with Crippen LogP contribution in [0.1, 0.15) is 39.8 Å². The summed E-state index contributed by atoms with van der Waals surface area (Å²) >= 11 is 4.85. The highest BCUT2D eigenvalue weighted by Crippen LogP contribution is 2.25. The highest BCUT2D eigenvalue weighted by atomic mass is 79.9. The first kappa shape index (κ1) is 13.6. The molecule has 88 valence electrons. The second-order valence-corrected chi connectivity index (χ2v) is 6.61. The van der Waals surface area contributed by atoms with Crippen molar-refractivity contribution in [3.05, 3.63) is 22.7 Å². The van der Waals surface area contributed by atoms with Crippen molar-refractivity contribution in [2.75, 3.05) is 0 Å². The van der Waals surface area contributed by atoms with E-state index in [9.17, 15) is 0 Å². The highest BCUT2D eigenvalue weighted by Gasteiger charge is 2.12. The lowest BCUT2D eigenvalue weighted by Gasteiger charge is -2.14. The predicted molar refractivity (Wildman–Crippen MR) is 73.9 cm³/mol. The summed E-state index contributed by atoms with van der Waals surface area (Å²) in [6.45, 7) is 8.51. The molecule has 0 amide bonds. The Kier molecular flexibility index (Phi) is 4.92. The van der Waals surface area contributed by atoms with Gasteiger partial charge in [0.05, 0.1) is 11.4 Å². The van der Waals surface area contributed by atoms with E-state index < -0.39 is 0 Å². The Balaban J connectivity index is 2.90. The Hall–Kier alpha value is -0.420. The van der Waals surface area contributed by atoms with Crippen molar-refractivity contribution in [3.63, 3.8) is 0 Å². The molecule has 0 unspecified atom stereocenters. The number of hydrogen-bond acceptors (Lipinski definition) is 4. The molecule has 0 aliphatic carbocycles. The molecule has 0 spiro atoms. The number of aromatic nitrogens is 2. The van der Waals surface area contributed by atoms with Crippen LogP contribution in [0, 0.1) is 0 Å². The highest BCUT2D eigenvalue weighted by molar-refractivity contribution is 9.10. The molecular weight excluding hydrogens is 286 g/mol. The van der Waals surface area contributed by atoms with Crippen LogP contribution in [-0.4, -0.2) is 20.4 Å². The van der Waals surface area contributed by atoms with E-state index in [4.69, 9.17) is 0 Å². The topological polar surface area (TPSA) is 38.1 Å². The van der Waals surface area contributed by atoms with E-state index in [0.717, 1.165) is 17.8 Å². The van der Waals surface area contributed by atoms with Gasteiger partial charge in [0, 0.05) is 10.9 Å². The molecule has 0 N–H and O–H groups in total. The second-order valence-electron chi connectivity index (χ2n) is 4.31. The maximum absolute atomic E-state index is 4.55. The minimum Gasteiger partial charge on any atom is -0.231 e. The van der Waals surface area contributed by atoms with Gasteiger partial charge in [-0.2, -0.15) is 0 Å². The van der Waals surface area contributed by atoms with Gasteiger partial charge < -0.3 is 0 Å². The first-order valence-electron chi connectivity index (χ1n) is 5.16. The maximum atomic E-state index is 4.55. The van der Waals surface area contributed by atoms with E-state index in [-0.39, 0.29) is 4.75 Å². The van der Waals surface area contributed by atoms with Crippen molar-refractivity contribution in [3.8, 4) is 0 Å². The zero-order valence-corrected chi connectivity index (χ0v) is 12.4. The van der Waals surface area contributed by atoms with Crippen LogP contribution >= 0.6 is 27.9 Å². The summed E-state index contributed by atoms with van der Waals surface area (Å²) in [5.41, 5.74) is 1.89. The maximum Gasteiger partial charge on any atom is 0.197 e. The van der Waals surface area contributed by atoms with E-state index in [1.54, 1.807) is 18.1 Å². The van der Waals surface area contributed by atoms with E-state index in [1.165, 1.54) is 0 Å². The van der Waals surface area contributed by atoms with Crippen molar-refractivity contribution >= 4 is 33.6 Å². The SMILES string of the molecule is CCC(=NSC(C)(C)C)c1ccnc(Br)n1. The Morgan fingerprint density at radius 3 is 2.69 bits per heavy atom. The summed E-state index contributed by atoms with van der Waals surface area (Å²) in [6.07, 6.45) is 2.60. The predicted octanol–water partition coefficient (Wildman–Crippen LogP) is 3.88. The average Bonchev–Trinajstić information content (AvgIpc) is 2.17. The largest absolute Gasteiger partial charge is 0.231 e.